The van der Waals surface area contributed by atoms with Gasteiger partial charge in [-0.25, -0.2) is 0 Å². The van der Waals surface area contributed by atoms with Crippen molar-refractivity contribution in [1.29, 1.82) is 0 Å². The van der Waals surface area contributed by atoms with E-state index in [4.69, 9.17) is 9.84 Å². The molecule has 4 rings (SSSR count). The van der Waals surface area contributed by atoms with Crippen LogP contribution in [-0.2, 0) is 14.4 Å². The molecule has 1 N–H and O–H groups in total. The number of aliphatic carboxylic acids is 1. The normalized spacial score (nSPS) is 23.8. The van der Waals surface area contributed by atoms with Gasteiger partial charge < -0.3 is 14.7 Å². The van der Waals surface area contributed by atoms with Crippen molar-refractivity contribution < 1.29 is 24.2 Å². The molecule has 25 heavy (non-hydrogen) atoms. The first-order valence-electron chi connectivity index (χ1n) is 8.53. The Morgan fingerprint density at radius 3 is 2.64 bits per heavy atom. The van der Waals surface area contributed by atoms with Gasteiger partial charge in [-0.05, 0) is 36.8 Å². The Bertz CT molecular complexity index is 739. The number of rotatable bonds is 3. The number of carboxylic acid groups (broad SMARTS) is 1. The molecule has 1 saturated carbocycles. The standard InChI is InChI=1S/C18H20N2O5/c21-15(19-7-5-18(6-8-19)9-12(18)17(23)24)10-20-13-3-1-2-4-14(13)25-11-16(20)22/h1-4,12H,5-11H2,(H,23,24). The van der Waals surface area contributed by atoms with Gasteiger partial charge in [0.2, 0.25) is 5.91 Å². The Kier molecular flexibility index (Phi) is 3.67. The predicted molar refractivity (Wildman–Crippen MR) is 88.3 cm³/mol. The summed E-state index contributed by atoms with van der Waals surface area (Å²) in [6.07, 6.45) is 2.17. The summed E-state index contributed by atoms with van der Waals surface area (Å²) in [5.41, 5.74) is 0.512. The van der Waals surface area contributed by atoms with Crippen molar-refractivity contribution in [1.82, 2.24) is 4.90 Å². The average Bonchev–Trinajstić information content (AvgIpc) is 3.32. The first kappa shape index (κ1) is 15.9. The fraction of sp³-hybridized carbons (Fsp3) is 0.500. The summed E-state index contributed by atoms with van der Waals surface area (Å²) in [7, 11) is 0. The summed E-state index contributed by atoms with van der Waals surface area (Å²) < 4.78 is 5.39. The third kappa shape index (κ3) is 2.73. The van der Waals surface area contributed by atoms with Crippen molar-refractivity contribution in [2.24, 2.45) is 11.3 Å². The second-order valence-corrected chi connectivity index (χ2v) is 7.07. The maximum Gasteiger partial charge on any atom is 0.307 e. The molecule has 3 aliphatic rings. The largest absolute Gasteiger partial charge is 0.482 e. The first-order chi connectivity index (χ1) is 12.0. The van der Waals surface area contributed by atoms with Crippen LogP contribution in [0.2, 0.25) is 0 Å². The Hall–Kier alpha value is -2.57. The molecule has 1 saturated heterocycles. The molecule has 132 valence electrons. The number of anilines is 1. The summed E-state index contributed by atoms with van der Waals surface area (Å²) >= 11 is 0. The minimum atomic E-state index is -0.727. The lowest BCUT2D eigenvalue weighted by Gasteiger charge is -2.35. The summed E-state index contributed by atoms with van der Waals surface area (Å²) in [6, 6.07) is 7.19. The smallest absolute Gasteiger partial charge is 0.307 e. The molecule has 0 bridgehead atoms. The topological polar surface area (TPSA) is 87.2 Å². The van der Waals surface area contributed by atoms with Crippen molar-refractivity contribution in [3.8, 4) is 5.75 Å². The molecule has 1 aromatic rings. The predicted octanol–water partition coefficient (Wildman–Crippen LogP) is 1.13. The number of carboxylic acids is 1. The van der Waals surface area contributed by atoms with E-state index in [0.717, 1.165) is 19.3 Å². The monoisotopic (exact) mass is 344 g/mol. The zero-order valence-corrected chi connectivity index (χ0v) is 13.8. The third-order valence-electron chi connectivity index (χ3n) is 5.70. The Morgan fingerprint density at radius 1 is 1.24 bits per heavy atom. The Labute approximate surface area is 145 Å². The Balaban J connectivity index is 1.40. The van der Waals surface area contributed by atoms with E-state index in [1.165, 1.54) is 4.90 Å². The molecule has 7 nitrogen and oxygen atoms in total. The molecular formula is C18H20N2O5. The highest BCUT2D eigenvalue weighted by Gasteiger charge is 2.59. The van der Waals surface area contributed by atoms with E-state index in [2.05, 4.69) is 0 Å². The highest BCUT2D eigenvalue weighted by Crippen LogP contribution is 2.59. The van der Waals surface area contributed by atoms with Gasteiger partial charge in [0.1, 0.15) is 12.3 Å². The number of carbonyl (C=O) groups is 3. The fourth-order valence-corrected chi connectivity index (χ4v) is 4.01. The van der Waals surface area contributed by atoms with Gasteiger partial charge >= 0.3 is 5.97 Å². The molecule has 1 unspecified atom stereocenters. The van der Waals surface area contributed by atoms with Crippen LogP contribution in [0.4, 0.5) is 5.69 Å². The highest BCUT2D eigenvalue weighted by molar-refractivity contribution is 6.02. The van der Waals surface area contributed by atoms with Crippen molar-refractivity contribution in [2.75, 3.05) is 31.1 Å². The van der Waals surface area contributed by atoms with Crippen LogP contribution in [-0.4, -0.2) is 54.0 Å². The lowest BCUT2D eigenvalue weighted by atomic mass is 9.91. The van der Waals surface area contributed by atoms with Crippen LogP contribution >= 0.6 is 0 Å². The fourth-order valence-electron chi connectivity index (χ4n) is 4.01. The third-order valence-corrected chi connectivity index (χ3v) is 5.70. The molecule has 1 aromatic carbocycles. The van der Waals surface area contributed by atoms with Crippen LogP contribution in [0.3, 0.4) is 0 Å². The summed E-state index contributed by atoms with van der Waals surface area (Å²) in [5.74, 6) is -0.705. The average molecular weight is 344 g/mol. The maximum atomic E-state index is 12.6. The summed E-state index contributed by atoms with van der Waals surface area (Å²) in [5, 5.41) is 9.15. The molecule has 0 aromatic heterocycles. The zero-order chi connectivity index (χ0) is 17.6. The molecule has 2 fully saturated rings. The van der Waals surface area contributed by atoms with E-state index in [-0.39, 0.29) is 36.3 Å². The first-order valence-corrected chi connectivity index (χ1v) is 8.53. The number of ether oxygens (including phenoxy) is 1. The number of para-hydroxylation sites is 2. The van der Waals surface area contributed by atoms with E-state index in [9.17, 15) is 14.4 Å². The summed E-state index contributed by atoms with van der Waals surface area (Å²) in [6.45, 7) is 1.05. The van der Waals surface area contributed by atoms with Crippen LogP contribution in [0.5, 0.6) is 5.75 Å². The Morgan fingerprint density at radius 2 is 1.96 bits per heavy atom. The maximum absolute atomic E-state index is 12.6. The van der Waals surface area contributed by atoms with Gasteiger partial charge in [0.25, 0.3) is 5.91 Å². The number of piperidine rings is 1. The molecule has 1 aliphatic carbocycles. The van der Waals surface area contributed by atoms with Gasteiger partial charge in [-0.2, -0.15) is 0 Å². The molecule has 7 heteroatoms. The number of hydrogen-bond donors (Lipinski definition) is 1. The number of amides is 2. The van der Waals surface area contributed by atoms with Gasteiger partial charge in [0, 0.05) is 13.1 Å². The minimum Gasteiger partial charge on any atom is -0.482 e. The second kappa shape index (κ2) is 5.75. The lowest BCUT2D eigenvalue weighted by Crippen LogP contribution is -2.48. The van der Waals surface area contributed by atoms with E-state index in [1.54, 1.807) is 17.0 Å². The highest BCUT2D eigenvalue weighted by atomic mass is 16.5. The quantitative estimate of drug-likeness (QED) is 0.888. The number of likely N-dealkylation sites (tertiary alicyclic amines) is 1. The van der Waals surface area contributed by atoms with Gasteiger partial charge in [-0.3, -0.25) is 19.3 Å². The molecule has 1 spiro atoms. The van der Waals surface area contributed by atoms with Crippen molar-refractivity contribution in [3.05, 3.63) is 24.3 Å². The number of fused-ring (bicyclic) bond motifs is 1. The molecule has 2 amide bonds. The van der Waals surface area contributed by atoms with Gasteiger partial charge in [0.15, 0.2) is 6.61 Å². The molecule has 2 heterocycles. The minimum absolute atomic E-state index is 0.00539. The second-order valence-electron chi connectivity index (χ2n) is 7.07. The molecule has 2 aliphatic heterocycles. The van der Waals surface area contributed by atoms with Gasteiger partial charge in [0.05, 0.1) is 11.6 Å². The van der Waals surface area contributed by atoms with Gasteiger partial charge in [-0.1, -0.05) is 12.1 Å². The number of nitrogens with zero attached hydrogens (tertiary/aromatic N) is 2. The van der Waals surface area contributed by atoms with Crippen LogP contribution < -0.4 is 9.64 Å². The number of benzene rings is 1. The SMILES string of the molecule is O=C(O)C1CC12CCN(C(=O)CN1C(=O)COc3ccccc31)CC2. The van der Waals surface area contributed by atoms with E-state index >= 15 is 0 Å². The number of carbonyl (C=O) groups excluding carboxylic acids is 2. The van der Waals surface area contributed by atoms with Crippen molar-refractivity contribution in [2.45, 2.75) is 19.3 Å². The van der Waals surface area contributed by atoms with Crippen LogP contribution in [0.25, 0.3) is 0 Å². The van der Waals surface area contributed by atoms with Crippen LogP contribution in [0, 0.1) is 11.3 Å². The van der Waals surface area contributed by atoms with E-state index in [0.29, 0.717) is 24.5 Å². The van der Waals surface area contributed by atoms with Crippen molar-refractivity contribution in [3.63, 3.8) is 0 Å². The summed E-state index contributed by atoms with van der Waals surface area (Å²) in [4.78, 5) is 39.2. The van der Waals surface area contributed by atoms with Crippen LogP contribution in [0.1, 0.15) is 19.3 Å². The van der Waals surface area contributed by atoms with Crippen molar-refractivity contribution >= 4 is 23.5 Å². The van der Waals surface area contributed by atoms with E-state index in [1.807, 2.05) is 12.1 Å². The number of hydrogen-bond acceptors (Lipinski definition) is 4. The van der Waals surface area contributed by atoms with E-state index < -0.39 is 5.97 Å². The van der Waals surface area contributed by atoms with Crippen LogP contribution in [0.15, 0.2) is 24.3 Å². The molecular weight excluding hydrogens is 324 g/mol. The molecule has 1 atom stereocenters. The lowest BCUT2D eigenvalue weighted by molar-refractivity contribution is -0.140. The molecule has 0 radical (unpaired) electrons. The zero-order valence-electron chi connectivity index (χ0n) is 13.8. The van der Waals surface area contributed by atoms with Gasteiger partial charge in [-0.15, -0.1) is 0 Å².